The number of likely N-dealkylation sites (N-methyl/N-ethyl adjacent to an activating group) is 1. The first-order valence-electron chi connectivity index (χ1n) is 8.19. The Morgan fingerprint density at radius 2 is 2.30 bits per heavy atom. The maximum atomic E-state index is 4.19. The molecule has 0 saturated heterocycles. The van der Waals surface area contributed by atoms with Crippen molar-refractivity contribution in [3.8, 4) is 0 Å². The first kappa shape index (κ1) is 14.7. The van der Waals surface area contributed by atoms with E-state index in [0.29, 0.717) is 0 Å². The molecule has 0 amide bonds. The predicted molar refractivity (Wildman–Crippen MR) is 98.7 cm³/mol. The van der Waals surface area contributed by atoms with Crippen LogP contribution in [0.15, 0.2) is 30.6 Å². The summed E-state index contributed by atoms with van der Waals surface area (Å²) in [5.41, 5.74) is 4.15. The van der Waals surface area contributed by atoms with E-state index < -0.39 is 0 Å². The zero-order valence-corrected chi connectivity index (χ0v) is 14.4. The van der Waals surface area contributed by atoms with Gasteiger partial charge in [0.05, 0.1) is 0 Å². The summed E-state index contributed by atoms with van der Waals surface area (Å²) in [5, 5.41) is 1.44. The van der Waals surface area contributed by atoms with Crippen LogP contribution >= 0.6 is 11.3 Å². The zero-order valence-electron chi connectivity index (χ0n) is 13.6. The molecule has 0 unspecified atom stereocenters. The van der Waals surface area contributed by atoms with Gasteiger partial charge in [0.1, 0.15) is 4.83 Å². The van der Waals surface area contributed by atoms with E-state index >= 15 is 0 Å². The lowest BCUT2D eigenvalue weighted by Gasteiger charge is -2.26. The number of hydrogen-bond donors (Lipinski definition) is 0. The molecule has 3 aromatic heterocycles. The molecule has 0 atom stereocenters. The van der Waals surface area contributed by atoms with E-state index in [4.69, 9.17) is 0 Å². The highest BCUT2D eigenvalue weighted by Crippen LogP contribution is 2.36. The average Bonchev–Trinajstić information content (AvgIpc) is 3.09. The number of rotatable bonds is 3. The van der Waals surface area contributed by atoms with Gasteiger partial charge in [0.15, 0.2) is 0 Å². The number of pyridine rings is 1. The van der Waals surface area contributed by atoms with Crippen LogP contribution in [0.2, 0.25) is 0 Å². The van der Waals surface area contributed by atoms with Crippen molar-refractivity contribution < 1.29 is 0 Å². The quantitative estimate of drug-likeness (QED) is 0.712. The molecule has 0 saturated carbocycles. The molecule has 1 aliphatic heterocycles. The highest BCUT2D eigenvalue weighted by molar-refractivity contribution is 7.18. The number of thiophene rings is 1. The second-order valence-electron chi connectivity index (χ2n) is 6.09. The van der Waals surface area contributed by atoms with E-state index in [-0.39, 0.29) is 0 Å². The molecule has 0 N–H and O–H groups in total. The summed E-state index contributed by atoms with van der Waals surface area (Å²) in [6.07, 6.45) is 9.22. The van der Waals surface area contributed by atoms with Crippen molar-refractivity contribution in [1.82, 2.24) is 14.5 Å². The molecule has 3 aromatic rings. The van der Waals surface area contributed by atoms with Gasteiger partial charge in [-0.25, -0.2) is 0 Å². The minimum Gasteiger partial charge on any atom is -0.312 e. The molecule has 0 fully saturated rings. The van der Waals surface area contributed by atoms with E-state index in [1.54, 1.807) is 0 Å². The summed E-state index contributed by atoms with van der Waals surface area (Å²) < 4.78 is 2.41. The van der Waals surface area contributed by atoms with Gasteiger partial charge in [0.2, 0.25) is 0 Å². The van der Waals surface area contributed by atoms with Crippen molar-refractivity contribution in [2.75, 3.05) is 13.1 Å². The predicted octanol–water partition coefficient (Wildman–Crippen LogP) is 4.41. The first-order chi connectivity index (χ1) is 11.3. The topological polar surface area (TPSA) is 21.1 Å². The minimum atomic E-state index is 1.08. The molecule has 4 heteroatoms. The van der Waals surface area contributed by atoms with Crippen LogP contribution in [0.25, 0.3) is 22.5 Å². The van der Waals surface area contributed by atoms with Crippen molar-refractivity contribution >= 4 is 33.8 Å². The van der Waals surface area contributed by atoms with Gasteiger partial charge in [-0.1, -0.05) is 13.0 Å². The van der Waals surface area contributed by atoms with E-state index in [0.717, 1.165) is 31.6 Å². The first-order valence-corrected chi connectivity index (χ1v) is 9.00. The summed E-state index contributed by atoms with van der Waals surface area (Å²) in [4.78, 5) is 9.49. The van der Waals surface area contributed by atoms with E-state index in [1.807, 2.05) is 29.8 Å². The molecule has 1 aliphatic rings. The molecule has 23 heavy (non-hydrogen) atoms. The summed E-state index contributed by atoms with van der Waals surface area (Å²) in [6.45, 7) is 7.81. The molecule has 0 aliphatic carbocycles. The average molecular weight is 323 g/mol. The molecular weight excluding hydrogens is 302 g/mol. The fraction of sp³-hybridized carbons (Fsp3) is 0.316. The van der Waals surface area contributed by atoms with Crippen LogP contribution in [-0.2, 0) is 13.0 Å². The van der Waals surface area contributed by atoms with Crippen molar-refractivity contribution in [2.24, 2.45) is 0 Å². The Morgan fingerprint density at radius 1 is 1.39 bits per heavy atom. The van der Waals surface area contributed by atoms with Gasteiger partial charge < -0.3 is 4.57 Å². The Hall–Kier alpha value is -1.91. The highest BCUT2D eigenvalue weighted by Gasteiger charge is 2.23. The summed E-state index contributed by atoms with van der Waals surface area (Å²) in [7, 11) is 0. The molecule has 4 rings (SSSR count). The van der Waals surface area contributed by atoms with Gasteiger partial charge in [-0.15, -0.1) is 11.3 Å². The summed E-state index contributed by atoms with van der Waals surface area (Å²) in [5.74, 6) is 0. The third kappa shape index (κ3) is 2.62. The van der Waals surface area contributed by atoms with Crippen LogP contribution in [0.1, 0.15) is 28.6 Å². The van der Waals surface area contributed by atoms with Crippen molar-refractivity contribution in [3.05, 3.63) is 52.3 Å². The number of fused-ring (bicyclic) bond motifs is 3. The summed E-state index contributed by atoms with van der Waals surface area (Å²) >= 11 is 1.89. The molecule has 0 bridgehead atoms. The van der Waals surface area contributed by atoms with E-state index in [1.165, 1.54) is 26.4 Å². The second-order valence-corrected chi connectivity index (χ2v) is 7.33. The Morgan fingerprint density at radius 3 is 3.09 bits per heavy atom. The molecule has 0 spiro atoms. The third-order valence-corrected chi connectivity index (χ3v) is 5.66. The number of hydrogen-bond acceptors (Lipinski definition) is 3. The lowest BCUT2D eigenvalue weighted by molar-refractivity contribution is 0.267. The van der Waals surface area contributed by atoms with Crippen LogP contribution in [0.3, 0.4) is 0 Å². The molecule has 4 heterocycles. The minimum absolute atomic E-state index is 1.08. The smallest absolute Gasteiger partial charge is 0.107 e. The zero-order chi connectivity index (χ0) is 15.8. The van der Waals surface area contributed by atoms with Gasteiger partial charge >= 0.3 is 0 Å². The SMILES string of the molecule is CCN1CCc2c(c3cc(C)sc3n2/C=C\c2cccnc2)C1. The van der Waals surface area contributed by atoms with Crippen LogP contribution in [0, 0.1) is 6.92 Å². The van der Waals surface area contributed by atoms with Gasteiger partial charge in [-0.3, -0.25) is 9.88 Å². The lowest BCUT2D eigenvalue weighted by Crippen LogP contribution is -2.30. The fourth-order valence-corrected chi connectivity index (χ4v) is 4.44. The maximum Gasteiger partial charge on any atom is 0.107 e. The Balaban J connectivity index is 1.81. The lowest BCUT2D eigenvalue weighted by atomic mass is 10.1. The summed E-state index contributed by atoms with van der Waals surface area (Å²) in [6, 6.07) is 6.43. The van der Waals surface area contributed by atoms with Gasteiger partial charge in [-0.05, 0) is 42.8 Å². The number of nitrogens with zero attached hydrogens (tertiary/aromatic N) is 3. The Bertz CT molecular complexity index is 858. The molecule has 3 nitrogen and oxygen atoms in total. The normalized spacial score (nSPS) is 15.6. The largest absolute Gasteiger partial charge is 0.312 e. The Kier molecular flexibility index (Phi) is 3.79. The van der Waals surface area contributed by atoms with Crippen LogP contribution < -0.4 is 0 Å². The molecular formula is C19H21N3S. The van der Waals surface area contributed by atoms with Crippen LogP contribution in [0.5, 0.6) is 0 Å². The number of aromatic nitrogens is 2. The van der Waals surface area contributed by atoms with Gasteiger partial charge in [-0.2, -0.15) is 0 Å². The van der Waals surface area contributed by atoms with E-state index in [9.17, 15) is 0 Å². The Labute approximate surface area is 140 Å². The van der Waals surface area contributed by atoms with Gasteiger partial charge in [0.25, 0.3) is 0 Å². The second kappa shape index (κ2) is 5.95. The van der Waals surface area contributed by atoms with Gasteiger partial charge in [0, 0.05) is 54.1 Å². The van der Waals surface area contributed by atoms with Crippen LogP contribution in [0.4, 0.5) is 0 Å². The van der Waals surface area contributed by atoms with Crippen molar-refractivity contribution in [3.63, 3.8) is 0 Å². The monoisotopic (exact) mass is 323 g/mol. The molecule has 0 radical (unpaired) electrons. The van der Waals surface area contributed by atoms with E-state index in [2.05, 4.69) is 52.7 Å². The third-order valence-electron chi connectivity index (χ3n) is 4.61. The standard InChI is InChI=1S/C19H21N3S/c1-3-21-9-7-18-17(13-21)16-11-14(2)23-19(16)22(18)10-6-15-5-4-8-20-12-15/h4-6,8,10-12H,3,7,9,13H2,1-2H3/b10-6-. The number of aryl methyl sites for hydroxylation is 1. The fourth-order valence-electron chi connectivity index (χ4n) is 3.40. The van der Waals surface area contributed by atoms with Crippen molar-refractivity contribution in [2.45, 2.75) is 26.8 Å². The van der Waals surface area contributed by atoms with Crippen molar-refractivity contribution in [1.29, 1.82) is 0 Å². The molecule has 0 aromatic carbocycles. The highest BCUT2D eigenvalue weighted by atomic mass is 32.1. The molecule has 118 valence electrons. The maximum absolute atomic E-state index is 4.19. The van der Waals surface area contributed by atoms with Crippen LogP contribution in [-0.4, -0.2) is 27.5 Å².